The van der Waals surface area contributed by atoms with Crippen LogP contribution in [0, 0.1) is 0 Å². The summed E-state index contributed by atoms with van der Waals surface area (Å²) in [6, 6.07) is 20.3. The molecule has 0 aliphatic carbocycles. The van der Waals surface area contributed by atoms with Crippen molar-refractivity contribution in [3.05, 3.63) is 66.2 Å². The highest BCUT2D eigenvalue weighted by molar-refractivity contribution is 6.07. The Morgan fingerprint density at radius 3 is 2.54 bits per heavy atom. The van der Waals surface area contributed by atoms with E-state index in [4.69, 9.17) is 4.98 Å². The standard InChI is InChI=1S/C24H27N3O/c1-2-16-27(19-12-14-25-15-13-19)24(28)21-17-23(18-8-4-3-5-9-18)26-22-11-7-6-10-20(21)22/h3-11,17,19,25H,2,12-16H2,1H3. The quantitative estimate of drug-likeness (QED) is 0.716. The minimum absolute atomic E-state index is 0.129. The molecule has 28 heavy (non-hydrogen) atoms. The van der Waals surface area contributed by atoms with Gasteiger partial charge in [0.15, 0.2) is 0 Å². The van der Waals surface area contributed by atoms with E-state index in [1.165, 1.54) is 0 Å². The van der Waals surface area contributed by atoms with Crippen LogP contribution in [0.25, 0.3) is 22.2 Å². The summed E-state index contributed by atoms with van der Waals surface area (Å²) >= 11 is 0. The Bertz CT molecular complexity index is 948. The first-order chi connectivity index (χ1) is 13.8. The van der Waals surface area contributed by atoms with E-state index in [2.05, 4.69) is 17.1 Å². The molecule has 2 heterocycles. The van der Waals surface area contributed by atoms with Crippen molar-refractivity contribution in [3.63, 3.8) is 0 Å². The van der Waals surface area contributed by atoms with Crippen molar-refractivity contribution in [2.75, 3.05) is 19.6 Å². The number of rotatable bonds is 5. The van der Waals surface area contributed by atoms with Gasteiger partial charge in [-0.25, -0.2) is 4.98 Å². The van der Waals surface area contributed by atoms with E-state index in [1.807, 2.05) is 60.7 Å². The maximum atomic E-state index is 13.7. The highest BCUT2D eigenvalue weighted by Gasteiger charge is 2.27. The highest BCUT2D eigenvalue weighted by Crippen LogP contribution is 2.27. The largest absolute Gasteiger partial charge is 0.336 e. The maximum Gasteiger partial charge on any atom is 0.254 e. The van der Waals surface area contributed by atoms with Crippen LogP contribution >= 0.6 is 0 Å². The van der Waals surface area contributed by atoms with Crippen LogP contribution in [0.5, 0.6) is 0 Å². The number of nitrogens with zero attached hydrogens (tertiary/aromatic N) is 2. The fourth-order valence-corrected chi connectivity index (χ4v) is 4.07. The summed E-state index contributed by atoms with van der Waals surface area (Å²) in [5, 5.41) is 4.34. The number of benzene rings is 2. The molecule has 0 spiro atoms. The van der Waals surface area contributed by atoms with Crippen LogP contribution in [0.3, 0.4) is 0 Å². The predicted octanol–water partition coefficient (Wildman–Crippen LogP) is 4.51. The number of aromatic nitrogens is 1. The molecule has 1 aromatic heterocycles. The van der Waals surface area contributed by atoms with Gasteiger partial charge in [-0.15, -0.1) is 0 Å². The molecular weight excluding hydrogens is 346 g/mol. The Kier molecular flexibility index (Phi) is 5.68. The Balaban J connectivity index is 1.80. The molecule has 0 atom stereocenters. The summed E-state index contributed by atoms with van der Waals surface area (Å²) < 4.78 is 0. The van der Waals surface area contributed by atoms with Crippen molar-refractivity contribution in [3.8, 4) is 11.3 Å². The van der Waals surface area contributed by atoms with E-state index >= 15 is 0 Å². The molecule has 0 bridgehead atoms. The zero-order valence-corrected chi connectivity index (χ0v) is 16.4. The Morgan fingerprint density at radius 2 is 1.79 bits per heavy atom. The molecule has 3 aromatic rings. The summed E-state index contributed by atoms with van der Waals surface area (Å²) in [4.78, 5) is 20.6. The number of nitrogens with one attached hydrogen (secondary N) is 1. The summed E-state index contributed by atoms with van der Waals surface area (Å²) in [6.07, 6.45) is 2.99. The van der Waals surface area contributed by atoms with Crippen molar-refractivity contribution in [1.82, 2.24) is 15.2 Å². The minimum atomic E-state index is 0.129. The summed E-state index contributed by atoms with van der Waals surface area (Å²) in [5.74, 6) is 0.129. The second-order valence-corrected chi connectivity index (χ2v) is 7.42. The number of carbonyl (C=O) groups is 1. The molecule has 4 rings (SSSR count). The van der Waals surface area contributed by atoms with Gasteiger partial charge in [-0.2, -0.15) is 0 Å². The van der Waals surface area contributed by atoms with Crippen LogP contribution in [0.2, 0.25) is 0 Å². The molecular formula is C24H27N3O. The van der Waals surface area contributed by atoms with Gasteiger partial charge in [0.05, 0.1) is 16.8 Å². The third kappa shape index (κ3) is 3.78. The average molecular weight is 374 g/mol. The zero-order valence-electron chi connectivity index (χ0n) is 16.4. The lowest BCUT2D eigenvalue weighted by atomic mass is 10.00. The SMILES string of the molecule is CCCN(C(=O)c1cc(-c2ccccc2)nc2ccccc12)C1CCNCC1. The molecule has 0 radical (unpaired) electrons. The Morgan fingerprint density at radius 1 is 1.07 bits per heavy atom. The highest BCUT2D eigenvalue weighted by atomic mass is 16.2. The Labute approximate surface area is 166 Å². The van der Waals surface area contributed by atoms with E-state index in [0.717, 1.165) is 66.6 Å². The predicted molar refractivity (Wildman–Crippen MR) is 114 cm³/mol. The first-order valence-corrected chi connectivity index (χ1v) is 10.2. The number of piperidine rings is 1. The van der Waals surface area contributed by atoms with Gasteiger partial charge in [0.1, 0.15) is 0 Å². The van der Waals surface area contributed by atoms with Gasteiger partial charge in [-0.05, 0) is 44.5 Å². The van der Waals surface area contributed by atoms with Gasteiger partial charge in [0.25, 0.3) is 5.91 Å². The number of para-hydroxylation sites is 1. The van der Waals surface area contributed by atoms with Gasteiger partial charge in [-0.1, -0.05) is 55.5 Å². The normalized spacial score (nSPS) is 14.9. The summed E-state index contributed by atoms with van der Waals surface area (Å²) in [7, 11) is 0. The lowest BCUT2D eigenvalue weighted by Crippen LogP contribution is -2.46. The van der Waals surface area contributed by atoms with Crippen LogP contribution in [0.4, 0.5) is 0 Å². The van der Waals surface area contributed by atoms with E-state index in [9.17, 15) is 4.79 Å². The van der Waals surface area contributed by atoms with Crippen LogP contribution in [-0.4, -0.2) is 41.5 Å². The molecule has 1 amide bonds. The number of hydrogen-bond donors (Lipinski definition) is 1. The molecule has 4 heteroatoms. The second-order valence-electron chi connectivity index (χ2n) is 7.42. The number of pyridine rings is 1. The first-order valence-electron chi connectivity index (χ1n) is 10.2. The van der Waals surface area contributed by atoms with Gasteiger partial charge in [0, 0.05) is 23.5 Å². The number of hydrogen-bond acceptors (Lipinski definition) is 3. The van der Waals surface area contributed by atoms with Crippen molar-refractivity contribution in [2.24, 2.45) is 0 Å². The van der Waals surface area contributed by atoms with Crippen molar-refractivity contribution in [1.29, 1.82) is 0 Å². The number of fused-ring (bicyclic) bond motifs is 1. The first kappa shape index (κ1) is 18.6. The van der Waals surface area contributed by atoms with E-state index in [1.54, 1.807) is 0 Å². The number of amides is 1. The maximum absolute atomic E-state index is 13.7. The van der Waals surface area contributed by atoms with Crippen LogP contribution < -0.4 is 5.32 Å². The molecule has 1 saturated heterocycles. The summed E-state index contributed by atoms with van der Waals surface area (Å²) in [6.45, 7) is 4.89. The lowest BCUT2D eigenvalue weighted by Gasteiger charge is -2.35. The molecule has 0 saturated carbocycles. The number of carbonyl (C=O) groups excluding carboxylic acids is 1. The second kappa shape index (κ2) is 8.53. The molecule has 1 N–H and O–H groups in total. The lowest BCUT2D eigenvalue weighted by molar-refractivity contribution is 0.0644. The van der Waals surface area contributed by atoms with Gasteiger partial charge in [0.2, 0.25) is 0 Å². The van der Waals surface area contributed by atoms with Gasteiger partial charge >= 0.3 is 0 Å². The molecule has 0 unspecified atom stereocenters. The Hall–Kier alpha value is -2.72. The van der Waals surface area contributed by atoms with Crippen LogP contribution in [0.1, 0.15) is 36.5 Å². The minimum Gasteiger partial charge on any atom is -0.336 e. The van der Waals surface area contributed by atoms with E-state index < -0.39 is 0 Å². The van der Waals surface area contributed by atoms with E-state index in [-0.39, 0.29) is 5.91 Å². The van der Waals surface area contributed by atoms with E-state index in [0.29, 0.717) is 6.04 Å². The van der Waals surface area contributed by atoms with Gasteiger partial charge < -0.3 is 10.2 Å². The molecule has 2 aromatic carbocycles. The van der Waals surface area contributed by atoms with Crippen molar-refractivity contribution in [2.45, 2.75) is 32.2 Å². The molecule has 1 fully saturated rings. The monoisotopic (exact) mass is 373 g/mol. The fourth-order valence-electron chi connectivity index (χ4n) is 4.07. The molecule has 1 aliphatic heterocycles. The van der Waals surface area contributed by atoms with Crippen LogP contribution in [-0.2, 0) is 0 Å². The van der Waals surface area contributed by atoms with Crippen molar-refractivity contribution >= 4 is 16.8 Å². The third-order valence-electron chi connectivity index (χ3n) is 5.49. The fraction of sp³-hybridized carbons (Fsp3) is 0.333. The molecule has 1 aliphatic rings. The third-order valence-corrected chi connectivity index (χ3v) is 5.49. The molecule has 4 nitrogen and oxygen atoms in total. The van der Waals surface area contributed by atoms with Crippen LogP contribution in [0.15, 0.2) is 60.7 Å². The smallest absolute Gasteiger partial charge is 0.254 e. The molecule has 144 valence electrons. The zero-order chi connectivity index (χ0) is 19.3. The average Bonchev–Trinajstić information content (AvgIpc) is 2.77. The van der Waals surface area contributed by atoms with Crippen molar-refractivity contribution < 1.29 is 4.79 Å². The topological polar surface area (TPSA) is 45.2 Å². The summed E-state index contributed by atoms with van der Waals surface area (Å²) in [5.41, 5.74) is 3.51. The van der Waals surface area contributed by atoms with Gasteiger partial charge in [-0.3, -0.25) is 4.79 Å².